The van der Waals surface area contributed by atoms with Gasteiger partial charge in [0.25, 0.3) is 0 Å². The molecule has 1 unspecified atom stereocenters. The molecule has 2 N–H and O–H groups in total. The highest BCUT2D eigenvalue weighted by molar-refractivity contribution is 9.10. The Balaban J connectivity index is 0.00000180. The van der Waals surface area contributed by atoms with Crippen molar-refractivity contribution in [2.45, 2.75) is 12.6 Å². The molecule has 0 aliphatic rings. The number of rotatable bonds is 5. The number of halogens is 2. The first-order valence-electron chi connectivity index (χ1n) is 5.52. The predicted molar refractivity (Wildman–Crippen MR) is 76.9 cm³/mol. The lowest BCUT2D eigenvalue weighted by atomic mass is 10.2. The summed E-state index contributed by atoms with van der Waals surface area (Å²) in [5.41, 5.74) is 1.15. The van der Waals surface area contributed by atoms with Crippen LogP contribution < -0.4 is 5.32 Å². The standard InChI is InChI=1S/C11H14BrN5O.ClH/c1-17-15-11(14-16-17)10(18)7-13-6-8-2-4-9(12)5-3-8;/h2-5,10,13,18H,6-7H2,1H3;1H. The Labute approximate surface area is 125 Å². The zero-order valence-corrected chi connectivity index (χ0v) is 12.7. The van der Waals surface area contributed by atoms with Gasteiger partial charge in [-0.05, 0) is 22.9 Å². The van der Waals surface area contributed by atoms with Crippen LogP contribution in [0.5, 0.6) is 0 Å². The predicted octanol–water partition coefficient (Wildman–Crippen LogP) is 1.22. The number of aliphatic hydroxyl groups excluding tert-OH is 1. The van der Waals surface area contributed by atoms with Gasteiger partial charge in [-0.3, -0.25) is 0 Å². The quantitative estimate of drug-likeness (QED) is 0.849. The number of hydrogen-bond acceptors (Lipinski definition) is 5. The SMILES string of the molecule is Cl.Cn1nnc(C(O)CNCc2ccc(Br)cc2)n1. The van der Waals surface area contributed by atoms with Crippen LogP contribution in [0.1, 0.15) is 17.5 Å². The number of tetrazole rings is 1. The van der Waals surface area contributed by atoms with Gasteiger partial charge in [0, 0.05) is 17.6 Å². The van der Waals surface area contributed by atoms with Crippen LogP contribution in [-0.2, 0) is 13.6 Å². The summed E-state index contributed by atoms with van der Waals surface area (Å²) in [5, 5.41) is 24.3. The third kappa shape index (κ3) is 4.87. The molecule has 1 aromatic heterocycles. The van der Waals surface area contributed by atoms with Gasteiger partial charge < -0.3 is 10.4 Å². The minimum atomic E-state index is -0.742. The molecule has 1 heterocycles. The fourth-order valence-electron chi connectivity index (χ4n) is 1.48. The molecule has 104 valence electrons. The van der Waals surface area contributed by atoms with Crippen LogP contribution in [0.15, 0.2) is 28.7 Å². The molecule has 8 heteroatoms. The molecular weight excluding hydrogens is 334 g/mol. The smallest absolute Gasteiger partial charge is 0.204 e. The number of nitrogens with one attached hydrogen (secondary N) is 1. The molecule has 0 amide bonds. The Bertz CT molecular complexity index is 504. The lowest BCUT2D eigenvalue weighted by molar-refractivity contribution is 0.164. The van der Waals surface area contributed by atoms with Crippen LogP contribution in [-0.4, -0.2) is 31.9 Å². The van der Waals surface area contributed by atoms with E-state index in [2.05, 4.69) is 36.7 Å². The van der Waals surface area contributed by atoms with Gasteiger partial charge in [0.2, 0.25) is 5.82 Å². The summed E-state index contributed by atoms with van der Waals surface area (Å²) in [5.74, 6) is 0.334. The second-order valence-electron chi connectivity index (χ2n) is 3.91. The van der Waals surface area contributed by atoms with Crippen molar-refractivity contribution in [1.82, 2.24) is 25.5 Å². The van der Waals surface area contributed by atoms with Crippen LogP contribution in [0.4, 0.5) is 0 Å². The van der Waals surface area contributed by atoms with Crippen LogP contribution >= 0.6 is 28.3 Å². The van der Waals surface area contributed by atoms with E-state index in [-0.39, 0.29) is 12.4 Å². The van der Waals surface area contributed by atoms with Crippen molar-refractivity contribution >= 4 is 28.3 Å². The van der Waals surface area contributed by atoms with E-state index in [1.54, 1.807) is 7.05 Å². The molecule has 0 aliphatic carbocycles. The largest absolute Gasteiger partial charge is 0.384 e. The van der Waals surface area contributed by atoms with Crippen LogP contribution in [0.25, 0.3) is 0 Å². The van der Waals surface area contributed by atoms with E-state index in [0.717, 1.165) is 10.0 Å². The van der Waals surface area contributed by atoms with Crippen LogP contribution in [0, 0.1) is 0 Å². The molecular formula is C11H15BrClN5O. The lowest BCUT2D eigenvalue weighted by Gasteiger charge is -2.08. The van der Waals surface area contributed by atoms with E-state index in [1.165, 1.54) is 4.80 Å². The van der Waals surface area contributed by atoms with Crippen molar-refractivity contribution in [2.24, 2.45) is 7.05 Å². The minimum absolute atomic E-state index is 0. The molecule has 6 nitrogen and oxygen atoms in total. The molecule has 2 rings (SSSR count). The summed E-state index contributed by atoms with van der Waals surface area (Å²) >= 11 is 3.38. The topological polar surface area (TPSA) is 75.9 Å². The Morgan fingerprint density at radius 2 is 2.05 bits per heavy atom. The molecule has 0 saturated heterocycles. The molecule has 1 aromatic carbocycles. The van der Waals surface area contributed by atoms with Crippen molar-refractivity contribution in [2.75, 3.05) is 6.54 Å². The maximum atomic E-state index is 9.81. The van der Waals surface area contributed by atoms with Crippen LogP contribution in [0.3, 0.4) is 0 Å². The van der Waals surface area contributed by atoms with E-state index in [4.69, 9.17) is 0 Å². The number of aryl methyl sites for hydroxylation is 1. The van der Waals surface area contributed by atoms with Crippen LogP contribution in [0.2, 0.25) is 0 Å². The average Bonchev–Trinajstić information content (AvgIpc) is 2.78. The normalized spacial score (nSPS) is 11.9. The average molecular weight is 349 g/mol. The summed E-state index contributed by atoms with van der Waals surface area (Å²) in [6.07, 6.45) is -0.742. The Morgan fingerprint density at radius 3 is 2.63 bits per heavy atom. The molecule has 0 bridgehead atoms. The zero-order valence-electron chi connectivity index (χ0n) is 10.3. The van der Waals surface area contributed by atoms with E-state index >= 15 is 0 Å². The third-order valence-corrected chi connectivity index (χ3v) is 2.93. The molecule has 19 heavy (non-hydrogen) atoms. The summed E-state index contributed by atoms with van der Waals surface area (Å²) in [6, 6.07) is 8.00. The highest BCUT2D eigenvalue weighted by Gasteiger charge is 2.12. The summed E-state index contributed by atoms with van der Waals surface area (Å²) < 4.78 is 1.05. The van der Waals surface area contributed by atoms with Crippen molar-refractivity contribution in [3.63, 3.8) is 0 Å². The molecule has 2 aromatic rings. The monoisotopic (exact) mass is 347 g/mol. The van der Waals surface area contributed by atoms with Gasteiger partial charge in [-0.2, -0.15) is 4.80 Å². The van der Waals surface area contributed by atoms with Crippen molar-refractivity contribution in [3.05, 3.63) is 40.1 Å². The number of nitrogens with zero attached hydrogens (tertiary/aromatic N) is 4. The van der Waals surface area contributed by atoms with Gasteiger partial charge >= 0.3 is 0 Å². The Kier molecular flexibility index (Phi) is 6.36. The van der Waals surface area contributed by atoms with Gasteiger partial charge in [0.1, 0.15) is 6.10 Å². The van der Waals surface area contributed by atoms with Gasteiger partial charge in [-0.15, -0.1) is 22.6 Å². The fourth-order valence-corrected chi connectivity index (χ4v) is 1.74. The first-order chi connectivity index (χ1) is 8.65. The number of benzene rings is 1. The first-order valence-corrected chi connectivity index (χ1v) is 6.31. The molecule has 1 atom stereocenters. The van der Waals surface area contributed by atoms with Gasteiger partial charge in [0.15, 0.2) is 0 Å². The summed E-state index contributed by atoms with van der Waals surface area (Å²) in [6.45, 7) is 1.08. The van der Waals surface area contributed by atoms with Gasteiger partial charge in [0.05, 0.1) is 7.05 Å². The lowest BCUT2D eigenvalue weighted by Crippen LogP contribution is -2.22. The Morgan fingerprint density at radius 1 is 1.37 bits per heavy atom. The fraction of sp³-hybridized carbons (Fsp3) is 0.364. The molecule has 0 fully saturated rings. The molecule has 0 aliphatic heterocycles. The van der Waals surface area contributed by atoms with Crippen molar-refractivity contribution < 1.29 is 5.11 Å². The summed E-state index contributed by atoms with van der Waals surface area (Å²) in [7, 11) is 1.67. The first kappa shape index (κ1) is 16.0. The maximum Gasteiger partial charge on any atom is 0.204 e. The van der Waals surface area contributed by atoms with E-state index in [1.807, 2.05) is 24.3 Å². The Hall–Kier alpha value is -1.02. The molecule has 0 radical (unpaired) electrons. The third-order valence-electron chi connectivity index (χ3n) is 2.40. The van der Waals surface area contributed by atoms with Gasteiger partial charge in [-0.25, -0.2) is 0 Å². The molecule has 0 spiro atoms. The maximum absolute atomic E-state index is 9.81. The molecule has 0 saturated carbocycles. The number of aliphatic hydroxyl groups is 1. The minimum Gasteiger partial charge on any atom is -0.384 e. The van der Waals surface area contributed by atoms with Crippen molar-refractivity contribution in [1.29, 1.82) is 0 Å². The van der Waals surface area contributed by atoms with Crippen molar-refractivity contribution in [3.8, 4) is 0 Å². The van der Waals surface area contributed by atoms with E-state index in [9.17, 15) is 5.11 Å². The van der Waals surface area contributed by atoms with E-state index in [0.29, 0.717) is 18.9 Å². The second kappa shape index (κ2) is 7.54. The number of aromatic nitrogens is 4. The summed E-state index contributed by atoms with van der Waals surface area (Å²) in [4.78, 5) is 1.33. The second-order valence-corrected chi connectivity index (χ2v) is 4.83. The van der Waals surface area contributed by atoms with E-state index < -0.39 is 6.10 Å². The van der Waals surface area contributed by atoms with Gasteiger partial charge in [-0.1, -0.05) is 28.1 Å². The number of hydrogen-bond donors (Lipinski definition) is 2. The zero-order chi connectivity index (χ0) is 13.0. The highest BCUT2D eigenvalue weighted by Crippen LogP contribution is 2.10. The highest BCUT2D eigenvalue weighted by atomic mass is 79.9.